The van der Waals surface area contributed by atoms with Gasteiger partial charge in [0.1, 0.15) is 5.54 Å². The van der Waals surface area contributed by atoms with Crippen LogP contribution in [0.15, 0.2) is 0 Å². The highest BCUT2D eigenvalue weighted by atomic mass is 16.4. The van der Waals surface area contributed by atoms with E-state index in [1.807, 2.05) is 0 Å². The molecule has 1 aliphatic carbocycles. The molecule has 0 heterocycles. The van der Waals surface area contributed by atoms with Crippen molar-refractivity contribution in [3.05, 3.63) is 0 Å². The molecule has 2 N–H and O–H groups in total. The van der Waals surface area contributed by atoms with Crippen LogP contribution in [0, 0.1) is 5.92 Å². The highest BCUT2D eigenvalue weighted by Crippen LogP contribution is 2.29. The number of aliphatic carboxylic acids is 1. The summed E-state index contributed by atoms with van der Waals surface area (Å²) in [6, 6.07) is 0.309. The molecular weight excluding hydrogens is 214 g/mol. The van der Waals surface area contributed by atoms with Gasteiger partial charge in [-0.25, -0.2) is 0 Å². The molecule has 1 fully saturated rings. The molecule has 0 aromatic rings. The van der Waals surface area contributed by atoms with Crippen LogP contribution in [0.4, 0.5) is 0 Å². The van der Waals surface area contributed by atoms with Crippen molar-refractivity contribution >= 4 is 5.97 Å². The average molecular weight is 241 g/mol. The molecule has 0 saturated heterocycles. The fourth-order valence-electron chi connectivity index (χ4n) is 2.85. The summed E-state index contributed by atoms with van der Waals surface area (Å²) in [6.07, 6.45) is 6.98. The highest BCUT2D eigenvalue weighted by molar-refractivity contribution is 5.78. The maximum atomic E-state index is 11.6. The van der Waals surface area contributed by atoms with Crippen molar-refractivity contribution in [1.29, 1.82) is 0 Å². The minimum absolute atomic E-state index is 0.309. The summed E-state index contributed by atoms with van der Waals surface area (Å²) < 4.78 is 0. The number of nitrogens with one attached hydrogen (secondary N) is 1. The van der Waals surface area contributed by atoms with Crippen molar-refractivity contribution in [3.8, 4) is 0 Å². The van der Waals surface area contributed by atoms with Crippen molar-refractivity contribution in [3.63, 3.8) is 0 Å². The van der Waals surface area contributed by atoms with E-state index in [9.17, 15) is 9.90 Å². The van der Waals surface area contributed by atoms with Gasteiger partial charge in [-0.1, -0.05) is 46.5 Å². The number of carbonyl (C=O) groups is 1. The predicted octanol–water partition coefficient (Wildman–Crippen LogP) is 3.19. The number of hydrogen-bond donors (Lipinski definition) is 2. The van der Waals surface area contributed by atoms with Crippen LogP contribution in [0.1, 0.15) is 65.7 Å². The van der Waals surface area contributed by atoms with Gasteiger partial charge in [-0.15, -0.1) is 0 Å². The Labute approximate surface area is 105 Å². The number of carboxylic acids is 1. The Morgan fingerprint density at radius 3 is 2.12 bits per heavy atom. The fourth-order valence-corrected chi connectivity index (χ4v) is 2.85. The van der Waals surface area contributed by atoms with Gasteiger partial charge >= 0.3 is 5.97 Å². The monoisotopic (exact) mass is 241 g/mol. The van der Waals surface area contributed by atoms with Crippen LogP contribution in [0.5, 0.6) is 0 Å². The average Bonchev–Trinajstić information content (AvgIpc) is 2.51. The normalized spacial score (nSPS) is 22.1. The largest absolute Gasteiger partial charge is 0.480 e. The summed E-state index contributed by atoms with van der Waals surface area (Å²) in [5.41, 5.74) is -0.665. The SMILES string of the molecule is CCC(NC1(C(=O)O)CCCCCC1)C(C)C. The molecule has 3 heteroatoms. The van der Waals surface area contributed by atoms with Gasteiger partial charge in [0.05, 0.1) is 0 Å². The second-order valence-corrected chi connectivity index (χ2v) is 5.70. The van der Waals surface area contributed by atoms with Crippen LogP contribution >= 0.6 is 0 Å². The molecule has 0 aromatic carbocycles. The first-order valence-corrected chi connectivity index (χ1v) is 7.03. The maximum absolute atomic E-state index is 11.6. The Kier molecular flexibility index (Phi) is 5.44. The lowest BCUT2D eigenvalue weighted by Crippen LogP contribution is -2.56. The van der Waals surface area contributed by atoms with E-state index in [0.29, 0.717) is 12.0 Å². The molecule has 0 amide bonds. The molecule has 1 aliphatic rings. The highest BCUT2D eigenvalue weighted by Gasteiger charge is 2.40. The minimum Gasteiger partial charge on any atom is -0.480 e. The van der Waals surface area contributed by atoms with Gasteiger partial charge in [-0.3, -0.25) is 10.1 Å². The Balaban J connectivity index is 2.79. The Bertz CT molecular complexity index is 243. The van der Waals surface area contributed by atoms with E-state index in [1.54, 1.807) is 0 Å². The van der Waals surface area contributed by atoms with Gasteiger partial charge < -0.3 is 5.11 Å². The Morgan fingerprint density at radius 2 is 1.76 bits per heavy atom. The van der Waals surface area contributed by atoms with E-state index in [-0.39, 0.29) is 0 Å². The molecule has 3 nitrogen and oxygen atoms in total. The van der Waals surface area contributed by atoms with E-state index in [2.05, 4.69) is 26.1 Å². The molecule has 17 heavy (non-hydrogen) atoms. The van der Waals surface area contributed by atoms with E-state index in [0.717, 1.165) is 32.1 Å². The summed E-state index contributed by atoms with van der Waals surface area (Å²) in [7, 11) is 0. The zero-order valence-corrected chi connectivity index (χ0v) is 11.5. The van der Waals surface area contributed by atoms with Crippen LogP contribution in [0.2, 0.25) is 0 Å². The molecule has 1 saturated carbocycles. The molecule has 0 radical (unpaired) electrons. The summed E-state index contributed by atoms with van der Waals surface area (Å²) in [5, 5.41) is 13.0. The number of carboxylic acid groups (broad SMARTS) is 1. The quantitative estimate of drug-likeness (QED) is 0.727. The lowest BCUT2D eigenvalue weighted by Gasteiger charge is -2.35. The van der Waals surface area contributed by atoms with Gasteiger partial charge in [-0.2, -0.15) is 0 Å². The van der Waals surface area contributed by atoms with Crippen molar-refractivity contribution in [2.45, 2.75) is 77.3 Å². The second-order valence-electron chi connectivity index (χ2n) is 5.70. The van der Waals surface area contributed by atoms with E-state index in [1.165, 1.54) is 12.8 Å². The van der Waals surface area contributed by atoms with Crippen molar-refractivity contribution < 1.29 is 9.90 Å². The van der Waals surface area contributed by atoms with Crippen LogP contribution in [-0.4, -0.2) is 22.7 Å². The first-order valence-electron chi connectivity index (χ1n) is 7.03. The maximum Gasteiger partial charge on any atom is 0.323 e. The third-order valence-corrected chi connectivity index (χ3v) is 4.07. The number of rotatable bonds is 5. The molecule has 1 unspecified atom stereocenters. The molecule has 0 aliphatic heterocycles. The van der Waals surface area contributed by atoms with Crippen molar-refractivity contribution in [2.24, 2.45) is 5.92 Å². The van der Waals surface area contributed by atoms with Gasteiger partial charge in [0.2, 0.25) is 0 Å². The summed E-state index contributed by atoms with van der Waals surface area (Å²) in [6.45, 7) is 6.45. The van der Waals surface area contributed by atoms with Gasteiger partial charge in [-0.05, 0) is 25.2 Å². The molecular formula is C14H27NO2. The Hall–Kier alpha value is -0.570. The van der Waals surface area contributed by atoms with Gasteiger partial charge in [0, 0.05) is 6.04 Å². The zero-order valence-electron chi connectivity index (χ0n) is 11.5. The van der Waals surface area contributed by atoms with E-state index >= 15 is 0 Å². The second kappa shape index (κ2) is 6.39. The molecule has 0 bridgehead atoms. The molecule has 100 valence electrons. The van der Waals surface area contributed by atoms with Crippen LogP contribution in [0.3, 0.4) is 0 Å². The zero-order chi connectivity index (χ0) is 12.9. The van der Waals surface area contributed by atoms with Crippen LogP contribution in [-0.2, 0) is 4.79 Å². The van der Waals surface area contributed by atoms with E-state index < -0.39 is 11.5 Å². The Morgan fingerprint density at radius 1 is 1.24 bits per heavy atom. The standard InChI is InChI=1S/C14H27NO2/c1-4-12(11(2)3)15-14(13(16)17)9-7-5-6-8-10-14/h11-12,15H,4-10H2,1-3H3,(H,16,17). The summed E-state index contributed by atoms with van der Waals surface area (Å²) >= 11 is 0. The lowest BCUT2D eigenvalue weighted by molar-refractivity contribution is -0.146. The van der Waals surface area contributed by atoms with Crippen LogP contribution < -0.4 is 5.32 Å². The topological polar surface area (TPSA) is 49.3 Å². The van der Waals surface area contributed by atoms with Gasteiger partial charge in [0.15, 0.2) is 0 Å². The first kappa shape index (κ1) is 14.5. The third kappa shape index (κ3) is 3.70. The minimum atomic E-state index is -0.665. The predicted molar refractivity (Wildman–Crippen MR) is 70.1 cm³/mol. The van der Waals surface area contributed by atoms with Gasteiger partial charge in [0.25, 0.3) is 0 Å². The van der Waals surface area contributed by atoms with E-state index in [4.69, 9.17) is 0 Å². The van der Waals surface area contributed by atoms with Crippen molar-refractivity contribution in [1.82, 2.24) is 5.32 Å². The molecule has 0 aromatic heterocycles. The number of hydrogen-bond acceptors (Lipinski definition) is 2. The lowest BCUT2D eigenvalue weighted by atomic mass is 9.87. The molecule has 1 atom stereocenters. The smallest absolute Gasteiger partial charge is 0.323 e. The molecule has 1 rings (SSSR count). The fraction of sp³-hybridized carbons (Fsp3) is 0.929. The van der Waals surface area contributed by atoms with Crippen molar-refractivity contribution in [2.75, 3.05) is 0 Å². The third-order valence-electron chi connectivity index (χ3n) is 4.07. The molecule has 0 spiro atoms. The summed E-state index contributed by atoms with van der Waals surface area (Å²) in [5.74, 6) is -0.169. The summed E-state index contributed by atoms with van der Waals surface area (Å²) in [4.78, 5) is 11.6. The first-order chi connectivity index (χ1) is 8.02. The van der Waals surface area contributed by atoms with Crippen LogP contribution in [0.25, 0.3) is 0 Å².